The van der Waals surface area contributed by atoms with Crippen molar-refractivity contribution in [3.05, 3.63) is 107 Å². The van der Waals surface area contributed by atoms with E-state index in [1.165, 1.54) is 0 Å². The molecule has 2 atom stereocenters. The van der Waals surface area contributed by atoms with E-state index in [1.54, 1.807) is 7.11 Å². The standard InChI is InChI=1S/C26H23ClN4OS/c1-17-11-13-22(30(17)18-8-4-3-5-9-18)25-24(21-10-6-7-15-28-21)29-26(33)31(25)19-12-14-23(32-2)20(27)16-19/h3-16,24-25H,1-2H3,(H,29,33)/t24-,25+/m1/s1. The predicted molar refractivity (Wildman–Crippen MR) is 136 cm³/mol. The fourth-order valence-corrected chi connectivity index (χ4v) is 5.06. The molecule has 1 aliphatic rings. The number of pyridine rings is 1. The third-order valence-corrected chi connectivity index (χ3v) is 6.55. The van der Waals surface area contributed by atoms with Crippen molar-refractivity contribution in [3.63, 3.8) is 0 Å². The minimum Gasteiger partial charge on any atom is -0.495 e. The number of methoxy groups -OCH3 is 1. The lowest BCUT2D eigenvalue weighted by atomic mass is 10.0. The summed E-state index contributed by atoms with van der Waals surface area (Å²) in [6.07, 6.45) is 1.81. The van der Waals surface area contributed by atoms with Crippen LogP contribution in [0.2, 0.25) is 5.02 Å². The maximum Gasteiger partial charge on any atom is 0.174 e. The Labute approximate surface area is 203 Å². The smallest absolute Gasteiger partial charge is 0.174 e. The van der Waals surface area contributed by atoms with Crippen molar-refractivity contribution in [1.29, 1.82) is 0 Å². The summed E-state index contributed by atoms with van der Waals surface area (Å²) < 4.78 is 7.63. The third kappa shape index (κ3) is 3.86. The Hall–Kier alpha value is -3.35. The summed E-state index contributed by atoms with van der Waals surface area (Å²) in [5.74, 6) is 0.625. The van der Waals surface area contributed by atoms with Crippen LogP contribution in [0.3, 0.4) is 0 Å². The second-order valence-electron chi connectivity index (χ2n) is 7.89. The first-order chi connectivity index (χ1) is 16.1. The highest BCUT2D eigenvalue weighted by Gasteiger charge is 2.42. The molecular formula is C26H23ClN4OS. The van der Waals surface area contributed by atoms with E-state index >= 15 is 0 Å². The Morgan fingerprint density at radius 1 is 0.970 bits per heavy atom. The van der Waals surface area contributed by atoms with Crippen LogP contribution in [0.5, 0.6) is 5.75 Å². The lowest BCUT2D eigenvalue weighted by Crippen LogP contribution is -2.30. The third-order valence-electron chi connectivity index (χ3n) is 5.94. The van der Waals surface area contributed by atoms with Gasteiger partial charge in [-0.2, -0.15) is 0 Å². The van der Waals surface area contributed by atoms with Crippen LogP contribution < -0.4 is 15.0 Å². The Kier molecular flexibility index (Phi) is 5.79. The molecule has 166 valence electrons. The number of aromatic nitrogens is 2. The highest BCUT2D eigenvalue weighted by atomic mass is 35.5. The molecule has 1 saturated heterocycles. The maximum atomic E-state index is 6.50. The number of hydrogen-bond donors (Lipinski definition) is 1. The van der Waals surface area contributed by atoms with Crippen LogP contribution in [0.4, 0.5) is 5.69 Å². The second-order valence-corrected chi connectivity index (χ2v) is 8.68. The van der Waals surface area contributed by atoms with Gasteiger partial charge in [0.15, 0.2) is 5.11 Å². The fourth-order valence-electron chi connectivity index (χ4n) is 4.46. The quantitative estimate of drug-likeness (QED) is 0.358. The van der Waals surface area contributed by atoms with Crippen LogP contribution in [0, 0.1) is 6.92 Å². The van der Waals surface area contributed by atoms with E-state index in [9.17, 15) is 0 Å². The number of anilines is 1. The van der Waals surface area contributed by atoms with Gasteiger partial charge in [0, 0.05) is 29.0 Å². The summed E-state index contributed by atoms with van der Waals surface area (Å²) in [5, 5.41) is 4.67. The molecule has 0 bridgehead atoms. The number of aryl methyl sites for hydroxylation is 1. The summed E-state index contributed by atoms with van der Waals surface area (Å²) in [7, 11) is 1.61. The van der Waals surface area contributed by atoms with Crippen molar-refractivity contribution < 1.29 is 4.74 Å². The lowest BCUT2D eigenvalue weighted by Gasteiger charge is -2.29. The van der Waals surface area contributed by atoms with Gasteiger partial charge in [0.1, 0.15) is 11.8 Å². The van der Waals surface area contributed by atoms with E-state index in [1.807, 2.05) is 60.8 Å². The molecule has 5 nitrogen and oxygen atoms in total. The van der Waals surface area contributed by atoms with Crippen LogP contribution in [-0.4, -0.2) is 21.8 Å². The normalized spacial score (nSPS) is 17.8. The van der Waals surface area contributed by atoms with Gasteiger partial charge in [0.2, 0.25) is 0 Å². The molecule has 3 heterocycles. The van der Waals surface area contributed by atoms with Gasteiger partial charge in [-0.1, -0.05) is 35.9 Å². The van der Waals surface area contributed by atoms with Gasteiger partial charge in [-0.3, -0.25) is 4.98 Å². The van der Waals surface area contributed by atoms with Crippen LogP contribution in [0.15, 0.2) is 85.1 Å². The summed E-state index contributed by atoms with van der Waals surface area (Å²) in [4.78, 5) is 6.77. The van der Waals surface area contributed by atoms with Gasteiger partial charge < -0.3 is 19.5 Å². The molecule has 0 amide bonds. The number of nitrogens with zero attached hydrogens (tertiary/aromatic N) is 3. The molecule has 33 heavy (non-hydrogen) atoms. The van der Waals surface area contributed by atoms with E-state index in [0.717, 1.165) is 28.5 Å². The Balaban J connectivity index is 1.69. The van der Waals surface area contributed by atoms with E-state index in [0.29, 0.717) is 15.9 Å². The van der Waals surface area contributed by atoms with Gasteiger partial charge in [-0.15, -0.1) is 0 Å². The molecule has 2 aromatic carbocycles. The summed E-state index contributed by atoms with van der Waals surface area (Å²) >= 11 is 12.4. The molecule has 0 spiro atoms. The summed E-state index contributed by atoms with van der Waals surface area (Å²) in [6, 6.07) is 26.0. The zero-order valence-electron chi connectivity index (χ0n) is 18.3. The molecule has 7 heteroatoms. The minimum atomic E-state index is -0.147. The molecular weight excluding hydrogens is 452 g/mol. The van der Waals surface area contributed by atoms with E-state index in [-0.39, 0.29) is 12.1 Å². The maximum absolute atomic E-state index is 6.50. The highest BCUT2D eigenvalue weighted by molar-refractivity contribution is 7.80. The van der Waals surface area contributed by atoms with E-state index < -0.39 is 0 Å². The number of hydrogen-bond acceptors (Lipinski definition) is 3. The first-order valence-electron chi connectivity index (χ1n) is 10.7. The number of ether oxygens (including phenoxy) is 1. The molecule has 0 saturated carbocycles. The number of rotatable bonds is 5. The van der Waals surface area contributed by atoms with Crippen LogP contribution in [-0.2, 0) is 0 Å². The molecule has 2 aromatic heterocycles. The minimum absolute atomic E-state index is 0.142. The van der Waals surface area contributed by atoms with Crippen molar-refractivity contribution in [3.8, 4) is 11.4 Å². The van der Waals surface area contributed by atoms with Gasteiger partial charge in [-0.05, 0) is 73.7 Å². The largest absolute Gasteiger partial charge is 0.495 e. The first-order valence-corrected chi connectivity index (χ1v) is 11.4. The molecule has 1 N–H and O–H groups in total. The van der Waals surface area contributed by atoms with Crippen molar-refractivity contribution in [2.75, 3.05) is 12.0 Å². The van der Waals surface area contributed by atoms with Crippen LogP contribution >= 0.6 is 23.8 Å². The van der Waals surface area contributed by atoms with E-state index in [4.69, 9.17) is 28.6 Å². The van der Waals surface area contributed by atoms with Crippen molar-refractivity contribution in [2.24, 2.45) is 0 Å². The zero-order valence-corrected chi connectivity index (χ0v) is 19.8. The van der Waals surface area contributed by atoms with Gasteiger partial charge >= 0.3 is 0 Å². The Morgan fingerprint density at radius 2 is 1.76 bits per heavy atom. The molecule has 5 rings (SSSR count). The average molecular weight is 475 g/mol. The number of halogens is 1. The fraction of sp³-hybridized carbons (Fsp3) is 0.154. The number of thiocarbonyl (C=S) groups is 1. The summed E-state index contributed by atoms with van der Waals surface area (Å²) in [5.41, 5.74) is 5.15. The Morgan fingerprint density at radius 3 is 2.45 bits per heavy atom. The number of nitrogens with one attached hydrogen (secondary N) is 1. The first kappa shape index (κ1) is 21.5. The van der Waals surface area contributed by atoms with Crippen LogP contribution in [0.1, 0.15) is 29.2 Å². The molecule has 0 radical (unpaired) electrons. The molecule has 0 aliphatic carbocycles. The monoisotopic (exact) mass is 474 g/mol. The van der Waals surface area contributed by atoms with Crippen molar-refractivity contribution in [2.45, 2.75) is 19.0 Å². The van der Waals surface area contributed by atoms with Gasteiger partial charge in [0.05, 0.1) is 23.9 Å². The number of para-hydroxylation sites is 1. The van der Waals surface area contributed by atoms with Crippen molar-refractivity contribution >= 4 is 34.6 Å². The average Bonchev–Trinajstić information content (AvgIpc) is 3.39. The Bertz CT molecular complexity index is 1290. The van der Waals surface area contributed by atoms with Gasteiger partial charge in [-0.25, -0.2) is 0 Å². The topological polar surface area (TPSA) is 42.3 Å². The molecule has 1 fully saturated rings. The molecule has 4 aromatic rings. The van der Waals surface area contributed by atoms with Crippen molar-refractivity contribution in [1.82, 2.24) is 14.9 Å². The SMILES string of the molecule is COc1ccc(N2C(=S)N[C@H](c3ccccn3)[C@@H]2c2ccc(C)n2-c2ccccc2)cc1Cl. The second kappa shape index (κ2) is 8.89. The molecule has 1 aliphatic heterocycles. The van der Waals surface area contributed by atoms with Gasteiger partial charge in [0.25, 0.3) is 0 Å². The zero-order chi connectivity index (χ0) is 22.9. The molecule has 0 unspecified atom stereocenters. The summed E-state index contributed by atoms with van der Waals surface area (Å²) in [6.45, 7) is 2.11. The van der Waals surface area contributed by atoms with Crippen LogP contribution in [0.25, 0.3) is 5.69 Å². The lowest BCUT2D eigenvalue weighted by molar-refractivity contribution is 0.415. The predicted octanol–water partition coefficient (Wildman–Crippen LogP) is 6.02. The number of benzene rings is 2. The highest BCUT2D eigenvalue weighted by Crippen LogP contribution is 2.44. The van der Waals surface area contributed by atoms with E-state index in [2.05, 4.69) is 51.0 Å².